The fourth-order valence-electron chi connectivity index (χ4n) is 1.18. The van der Waals surface area contributed by atoms with E-state index >= 15 is 0 Å². The monoisotopic (exact) mass is 170 g/mol. The normalized spacial score (nSPS) is 26.6. The lowest BCUT2D eigenvalue weighted by Gasteiger charge is -2.24. The number of ketones is 1. The third-order valence-electron chi connectivity index (χ3n) is 2.13. The van der Waals surface area contributed by atoms with Gasteiger partial charge in [0.05, 0.1) is 11.5 Å². The van der Waals surface area contributed by atoms with Gasteiger partial charge in [-0.1, -0.05) is 6.08 Å². The Morgan fingerprint density at radius 2 is 2.25 bits per heavy atom. The van der Waals surface area contributed by atoms with Crippen molar-refractivity contribution in [2.75, 3.05) is 13.9 Å². The molecule has 68 valence electrons. The van der Waals surface area contributed by atoms with Crippen LogP contribution in [0.1, 0.15) is 13.8 Å². The van der Waals surface area contributed by atoms with Crippen molar-refractivity contribution in [2.45, 2.75) is 20.0 Å². The Labute approximate surface area is 72.4 Å². The van der Waals surface area contributed by atoms with Crippen LogP contribution in [0.3, 0.4) is 0 Å². The van der Waals surface area contributed by atoms with Gasteiger partial charge >= 0.3 is 0 Å². The minimum Gasteiger partial charge on any atom is -0.359 e. The average molecular weight is 170 g/mol. The summed E-state index contributed by atoms with van der Waals surface area (Å²) in [6.45, 7) is 3.97. The molecule has 0 spiro atoms. The van der Waals surface area contributed by atoms with Crippen molar-refractivity contribution in [1.29, 1.82) is 0 Å². The lowest BCUT2D eigenvalue weighted by Crippen LogP contribution is -2.32. The fraction of sp³-hybridized carbons (Fsp3) is 0.667. The number of hydrogen-bond acceptors (Lipinski definition) is 3. The number of allylic oxidation sites excluding steroid dienone is 1. The van der Waals surface area contributed by atoms with E-state index in [2.05, 4.69) is 0 Å². The molecule has 1 rings (SSSR count). The topological polar surface area (TPSA) is 35.5 Å². The van der Waals surface area contributed by atoms with Crippen LogP contribution in [0.25, 0.3) is 0 Å². The van der Waals surface area contributed by atoms with Crippen molar-refractivity contribution in [3.63, 3.8) is 0 Å². The molecule has 0 N–H and O–H groups in total. The summed E-state index contributed by atoms with van der Waals surface area (Å²) in [7, 11) is 1.56. The lowest BCUT2D eigenvalue weighted by molar-refractivity contribution is -0.132. The number of carbonyl (C=O) groups is 1. The van der Waals surface area contributed by atoms with Crippen molar-refractivity contribution in [3.8, 4) is 0 Å². The fourth-order valence-corrected chi connectivity index (χ4v) is 1.18. The second kappa shape index (κ2) is 3.37. The number of carbonyl (C=O) groups excluding carboxylic acids is 1. The molecule has 3 nitrogen and oxygen atoms in total. The molecule has 3 heteroatoms. The second-order valence-electron chi connectivity index (χ2n) is 3.44. The Balaban J connectivity index is 2.56. The molecule has 1 aliphatic carbocycles. The highest BCUT2D eigenvalue weighted by Gasteiger charge is 2.38. The number of ether oxygens (including phenoxy) is 2. The van der Waals surface area contributed by atoms with E-state index in [1.165, 1.54) is 0 Å². The first-order valence-electron chi connectivity index (χ1n) is 3.92. The molecule has 0 saturated heterocycles. The van der Waals surface area contributed by atoms with E-state index in [9.17, 15) is 4.79 Å². The van der Waals surface area contributed by atoms with Gasteiger partial charge in [0.1, 0.15) is 6.79 Å². The van der Waals surface area contributed by atoms with Crippen LogP contribution >= 0.6 is 0 Å². The molecule has 0 radical (unpaired) electrons. The summed E-state index contributed by atoms with van der Waals surface area (Å²) in [5, 5.41) is 0. The van der Waals surface area contributed by atoms with Crippen LogP contribution in [0.15, 0.2) is 12.2 Å². The van der Waals surface area contributed by atoms with Crippen molar-refractivity contribution in [3.05, 3.63) is 12.2 Å². The maximum atomic E-state index is 11.3. The molecule has 0 bridgehead atoms. The van der Waals surface area contributed by atoms with Crippen LogP contribution in [-0.2, 0) is 14.3 Å². The van der Waals surface area contributed by atoms with E-state index in [1.807, 2.05) is 13.8 Å². The van der Waals surface area contributed by atoms with Gasteiger partial charge in [-0.15, -0.1) is 0 Å². The Kier molecular flexibility index (Phi) is 2.65. The van der Waals surface area contributed by atoms with Crippen LogP contribution in [0, 0.1) is 5.41 Å². The van der Waals surface area contributed by atoms with Crippen LogP contribution in [0.4, 0.5) is 0 Å². The van der Waals surface area contributed by atoms with E-state index < -0.39 is 5.41 Å². The maximum absolute atomic E-state index is 11.3. The van der Waals surface area contributed by atoms with E-state index in [0.29, 0.717) is 0 Å². The molecule has 0 heterocycles. The Bertz CT molecular complexity index is 206. The molecule has 0 unspecified atom stereocenters. The van der Waals surface area contributed by atoms with Crippen LogP contribution in [0.2, 0.25) is 0 Å². The van der Waals surface area contributed by atoms with Gasteiger partial charge in [-0.2, -0.15) is 0 Å². The maximum Gasteiger partial charge on any atom is 0.163 e. The highest BCUT2D eigenvalue weighted by molar-refractivity contribution is 5.97. The summed E-state index contributed by atoms with van der Waals surface area (Å²) in [6.07, 6.45) is 3.20. The zero-order valence-corrected chi connectivity index (χ0v) is 7.66. The summed E-state index contributed by atoms with van der Waals surface area (Å²) in [5.41, 5.74) is -0.432. The third-order valence-corrected chi connectivity index (χ3v) is 2.13. The SMILES string of the molecule is COCO[C@H]1C=CC(=O)C1(C)C. The van der Waals surface area contributed by atoms with Gasteiger partial charge in [0.25, 0.3) is 0 Å². The molecule has 1 aliphatic rings. The molecule has 1 atom stereocenters. The molecule has 0 amide bonds. The molecule has 0 aromatic heterocycles. The average Bonchev–Trinajstić information content (AvgIpc) is 2.25. The minimum absolute atomic E-state index is 0.114. The van der Waals surface area contributed by atoms with Gasteiger partial charge in [0.2, 0.25) is 0 Å². The molecule has 0 aromatic carbocycles. The predicted molar refractivity (Wildman–Crippen MR) is 44.7 cm³/mol. The summed E-state index contributed by atoms with van der Waals surface area (Å²) >= 11 is 0. The van der Waals surface area contributed by atoms with E-state index in [1.54, 1.807) is 19.3 Å². The highest BCUT2D eigenvalue weighted by atomic mass is 16.7. The Morgan fingerprint density at radius 3 is 2.67 bits per heavy atom. The number of methoxy groups -OCH3 is 1. The van der Waals surface area contributed by atoms with Gasteiger partial charge in [-0.25, -0.2) is 0 Å². The zero-order valence-electron chi connectivity index (χ0n) is 7.66. The first kappa shape index (κ1) is 9.42. The van der Waals surface area contributed by atoms with Crippen LogP contribution in [-0.4, -0.2) is 25.8 Å². The van der Waals surface area contributed by atoms with Gasteiger partial charge in [0.15, 0.2) is 5.78 Å². The van der Waals surface area contributed by atoms with Crippen molar-refractivity contribution in [2.24, 2.45) is 5.41 Å². The van der Waals surface area contributed by atoms with Gasteiger partial charge in [0, 0.05) is 7.11 Å². The minimum atomic E-state index is -0.432. The molecule has 0 fully saturated rings. The Morgan fingerprint density at radius 1 is 1.58 bits per heavy atom. The Hall–Kier alpha value is -0.670. The van der Waals surface area contributed by atoms with Gasteiger partial charge in [-0.3, -0.25) is 4.79 Å². The van der Waals surface area contributed by atoms with Crippen molar-refractivity contribution < 1.29 is 14.3 Å². The molecule has 0 aliphatic heterocycles. The number of hydrogen-bond donors (Lipinski definition) is 0. The van der Waals surface area contributed by atoms with Crippen LogP contribution < -0.4 is 0 Å². The van der Waals surface area contributed by atoms with Crippen molar-refractivity contribution >= 4 is 5.78 Å². The standard InChI is InChI=1S/C9H14O3/c1-9(2)7(10)4-5-8(9)12-6-11-3/h4-5,8H,6H2,1-3H3/t8-/m0/s1. The third kappa shape index (κ3) is 1.57. The van der Waals surface area contributed by atoms with Crippen molar-refractivity contribution in [1.82, 2.24) is 0 Å². The first-order chi connectivity index (χ1) is 5.59. The molecule has 0 aromatic rings. The summed E-state index contributed by atoms with van der Waals surface area (Å²) < 4.78 is 10.1. The predicted octanol–water partition coefficient (Wildman–Crippen LogP) is 1.14. The van der Waals surface area contributed by atoms with E-state index in [0.717, 1.165) is 0 Å². The molecular weight excluding hydrogens is 156 g/mol. The summed E-state index contributed by atoms with van der Waals surface area (Å²) in [6, 6.07) is 0. The van der Waals surface area contributed by atoms with Gasteiger partial charge < -0.3 is 9.47 Å². The zero-order chi connectivity index (χ0) is 9.19. The quantitative estimate of drug-likeness (QED) is 0.596. The largest absolute Gasteiger partial charge is 0.359 e. The summed E-state index contributed by atoms with van der Waals surface area (Å²) in [5.74, 6) is 0.114. The molecular formula is C9H14O3. The smallest absolute Gasteiger partial charge is 0.163 e. The lowest BCUT2D eigenvalue weighted by atomic mass is 9.87. The van der Waals surface area contributed by atoms with E-state index in [4.69, 9.17) is 9.47 Å². The number of rotatable bonds is 3. The second-order valence-corrected chi connectivity index (χ2v) is 3.44. The van der Waals surface area contributed by atoms with E-state index in [-0.39, 0.29) is 18.7 Å². The first-order valence-corrected chi connectivity index (χ1v) is 3.92. The van der Waals surface area contributed by atoms with Crippen LogP contribution in [0.5, 0.6) is 0 Å². The highest BCUT2D eigenvalue weighted by Crippen LogP contribution is 2.31. The molecule has 12 heavy (non-hydrogen) atoms. The summed E-state index contributed by atoms with van der Waals surface area (Å²) in [4.78, 5) is 11.3. The molecule has 0 saturated carbocycles. The van der Waals surface area contributed by atoms with Gasteiger partial charge in [-0.05, 0) is 19.9 Å².